The lowest BCUT2D eigenvalue weighted by Gasteiger charge is -2.13. The molecule has 1 unspecified atom stereocenters. The summed E-state index contributed by atoms with van der Waals surface area (Å²) in [6.07, 6.45) is -1.07. The largest absolute Gasteiger partial charge is 0.493 e. The number of nitrogens with zero attached hydrogens (tertiary/aromatic N) is 1. The third-order valence-corrected chi connectivity index (χ3v) is 3.38. The van der Waals surface area contributed by atoms with Gasteiger partial charge in [-0.3, -0.25) is 19.7 Å². The second kappa shape index (κ2) is 9.37. The SMILES string of the molecule is CCOc1ccccc1C(=O)NCC(=O)OC(C)C(=O)Nc1cc(C)no1. The van der Waals surface area contributed by atoms with E-state index >= 15 is 0 Å². The normalized spacial score (nSPS) is 11.4. The summed E-state index contributed by atoms with van der Waals surface area (Å²) >= 11 is 0. The lowest BCUT2D eigenvalue weighted by Crippen LogP contribution is -2.35. The molecule has 0 bridgehead atoms. The fourth-order valence-corrected chi connectivity index (χ4v) is 2.12. The summed E-state index contributed by atoms with van der Waals surface area (Å²) in [5.74, 6) is -1.24. The molecule has 0 saturated heterocycles. The second-order valence-corrected chi connectivity index (χ2v) is 5.57. The van der Waals surface area contributed by atoms with Gasteiger partial charge < -0.3 is 19.3 Å². The van der Waals surface area contributed by atoms with E-state index in [0.29, 0.717) is 23.6 Å². The van der Waals surface area contributed by atoms with Crippen molar-refractivity contribution in [2.75, 3.05) is 18.5 Å². The summed E-state index contributed by atoms with van der Waals surface area (Å²) in [4.78, 5) is 36.0. The maximum Gasteiger partial charge on any atom is 0.326 e. The number of amides is 2. The average molecular weight is 375 g/mol. The highest BCUT2D eigenvalue weighted by molar-refractivity contribution is 5.98. The van der Waals surface area contributed by atoms with E-state index in [1.165, 1.54) is 13.0 Å². The molecule has 1 heterocycles. The Morgan fingerprint density at radius 3 is 2.67 bits per heavy atom. The summed E-state index contributed by atoms with van der Waals surface area (Å²) in [6.45, 7) is 4.93. The molecule has 2 aromatic rings. The number of carbonyl (C=O) groups is 3. The molecule has 2 rings (SSSR count). The van der Waals surface area contributed by atoms with Crippen molar-refractivity contribution in [2.24, 2.45) is 0 Å². The van der Waals surface area contributed by atoms with Gasteiger partial charge in [0.15, 0.2) is 6.10 Å². The molecular formula is C18H21N3O6. The van der Waals surface area contributed by atoms with E-state index in [9.17, 15) is 14.4 Å². The molecule has 0 aliphatic carbocycles. The van der Waals surface area contributed by atoms with E-state index in [1.54, 1.807) is 38.1 Å². The van der Waals surface area contributed by atoms with Crippen LogP contribution in [0.1, 0.15) is 29.9 Å². The number of ether oxygens (including phenoxy) is 2. The first-order valence-corrected chi connectivity index (χ1v) is 8.34. The second-order valence-electron chi connectivity index (χ2n) is 5.57. The molecule has 9 nitrogen and oxygen atoms in total. The maximum absolute atomic E-state index is 12.2. The molecular weight excluding hydrogens is 354 g/mol. The monoisotopic (exact) mass is 375 g/mol. The van der Waals surface area contributed by atoms with Crippen LogP contribution in [-0.4, -0.2) is 42.2 Å². The molecule has 1 aromatic heterocycles. The van der Waals surface area contributed by atoms with Gasteiger partial charge in [-0.05, 0) is 32.9 Å². The number of benzene rings is 1. The fraction of sp³-hybridized carbons (Fsp3) is 0.333. The maximum atomic E-state index is 12.2. The Hall–Kier alpha value is -3.36. The summed E-state index contributed by atoms with van der Waals surface area (Å²) in [5, 5.41) is 8.50. The summed E-state index contributed by atoms with van der Waals surface area (Å²) in [7, 11) is 0. The predicted molar refractivity (Wildman–Crippen MR) is 95.4 cm³/mol. The molecule has 1 aromatic carbocycles. The highest BCUT2D eigenvalue weighted by Crippen LogP contribution is 2.17. The molecule has 0 aliphatic rings. The number of anilines is 1. The quantitative estimate of drug-likeness (QED) is 0.674. The van der Waals surface area contributed by atoms with Gasteiger partial charge in [0.25, 0.3) is 11.8 Å². The van der Waals surface area contributed by atoms with Crippen molar-refractivity contribution in [2.45, 2.75) is 26.9 Å². The number of aromatic nitrogens is 1. The van der Waals surface area contributed by atoms with E-state index in [4.69, 9.17) is 14.0 Å². The lowest BCUT2D eigenvalue weighted by molar-refractivity contribution is -0.152. The van der Waals surface area contributed by atoms with Crippen molar-refractivity contribution >= 4 is 23.7 Å². The zero-order valence-corrected chi connectivity index (χ0v) is 15.3. The van der Waals surface area contributed by atoms with Crippen LogP contribution >= 0.6 is 0 Å². The van der Waals surface area contributed by atoms with Crippen molar-refractivity contribution in [1.29, 1.82) is 0 Å². The molecule has 0 fully saturated rings. The Bertz CT molecular complexity index is 817. The molecule has 27 heavy (non-hydrogen) atoms. The molecule has 0 spiro atoms. The smallest absolute Gasteiger partial charge is 0.326 e. The van der Waals surface area contributed by atoms with Crippen LogP contribution in [0.15, 0.2) is 34.9 Å². The van der Waals surface area contributed by atoms with E-state index in [2.05, 4.69) is 15.8 Å². The molecule has 1 atom stereocenters. The number of esters is 1. The van der Waals surface area contributed by atoms with E-state index < -0.39 is 30.4 Å². The van der Waals surface area contributed by atoms with Gasteiger partial charge in [0.05, 0.1) is 17.9 Å². The predicted octanol–water partition coefficient (Wildman–Crippen LogP) is 1.68. The number of hydrogen-bond donors (Lipinski definition) is 2. The van der Waals surface area contributed by atoms with Gasteiger partial charge in [0.1, 0.15) is 12.3 Å². The molecule has 9 heteroatoms. The van der Waals surface area contributed by atoms with Crippen LogP contribution in [0.2, 0.25) is 0 Å². The molecule has 0 aliphatic heterocycles. The first-order chi connectivity index (χ1) is 12.9. The van der Waals surface area contributed by atoms with Gasteiger partial charge in [0.2, 0.25) is 5.88 Å². The van der Waals surface area contributed by atoms with Gasteiger partial charge in [-0.15, -0.1) is 0 Å². The van der Waals surface area contributed by atoms with Crippen LogP contribution in [0.25, 0.3) is 0 Å². The van der Waals surface area contributed by atoms with Gasteiger partial charge in [-0.2, -0.15) is 0 Å². The van der Waals surface area contributed by atoms with Crippen LogP contribution in [0, 0.1) is 6.92 Å². The minimum atomic E-state index is -1.07. The summed E-state index contributed by atoms with van der Waals surface area (Å²) in [5.41, 5.74) is 0.906. The topological polar surface area (TPSA) is 120 Å². The minimum absolute atomic E-state index is 0.154. The van der Waals surface area contributed by atoms with Crippen molar-refractivity contribution < 1.29 is 28.4 Å². The number of rotatable bonds is 8. The molecule has 2 amide bonds. The number of carbonyl (C=O) groups excluding carboxylic acids is 3. The zero-order chi connectivity index (χ0) is 19.8. The minimum Gasteiger partial charge on any atom is -0.493 e. The van der Waals surface area contributed by atoms with Gasteiger partial charge >= 0.3 is 5.97 Å². The summed E-state index contributed by atoms with van der Waals surface area (Å²) in [6, 6.07) is 8.21. The van der Waals surface area contributed by atoms with Gasteiger partial charge in [-0.25, -0.2) is 0 Å². The van der Waals surface area contributed by atoms with Crippen molar-refractivity contribution in [3.05, 3.63) is 41.6 Å². The van der Waals surface area contributed by atoms with E-state index in [1.807, 2.05) is 0 Å². The Morgan fingerprint density at radius 1 is 1.26 bits per heavy atom. The van der Waals surface area contributed by atoms with Crippen LogP contribution in [0.4, 0.5) is 5.88 Å². The molecule has 0 saturated carbocycles. The first kappa shape index (κ1) is 20.0. The van der Waals surface area contributed by atoms with Crippen LogP contribution < -0.4 is 15.4 Å². The Labute approximate surface area is 156 Å². The van der Waals surface area contributed by atoms with E-state index in [-0.39, 0.29) is 5.88 Å². The van der Waals surface area contributed by atoms with Crippen molar-refractivity contribution in [3.8, 4) is 5.75 Å². The van der Waals surface area contributed by atoms with Gasteiger partial charge in [-0.1, -0.05) is 17.3 Å². The standard InChI is InChI=1S/C18H21N3O6/c1-4-25-14-8-6-5-7-13(14)18(24)19-10-16(22)26-12(3)17(23)20-15-9-11(2)21-27-15/h5-9,12H,4,10H2,1-3H3,(H,19,24)(H,20,23). The lowest BCUT2D eigenvalue weighted by atomic mass is 10.2. The van der Waals surface area contributed by atoms with Crippen LogP contribution in [-0.2, 0) is 14.3 Å². The molecule has 2 N–H and O–H groups in total. The molecule has 0 radical (unpaired) electrons. The highest BCUT2D eigenvalue weighted by Gasteiger charge is 2.20. The molecule has 144 valence electrons. The van der Waals surface area contributed by atoms with Crippen LogP contribution in [0.5, 0.6) is 5.75 Å². The number of para-hydroxylation sites is 1. The number of aryl methyl sites for hydroxylation is 1. The third kappa shape index (κ3) is 5.84. The first-order valence-electron chi connectivity index (χ1n) is 8.34. The Balaban J connectivity index is 1.83. The average Bonchev–Trinajstić information content (AvgIpc) is 3.05. The Kier molecular flexibility index (Phi) is 6.93. The number of nitrogens with one attached hydrogen (secondary N) is 2. The van der Waals surface area contributed by atoms with Crippen molar-refractivity contribution in [3.63, 3.8) is 0 Å². The van der Waals surface area contributed by atoms with Crippen LogP contribution in [0.3, 0.4) is 0 Å². The fourth-order valence-electron chi connectivity index (χ4n) is 2.12. The summed E-state index contributed by atoms with van der Waals surface area (Å²) < 4.78 is 15.2. The Morgan fingerprint density at radius 2 is 2.00 bits per heavy atom. The number of hydrogen-bond acceptors (Lipinski definition) is 7. The van der Waals surface area contributed by atoms with Crippen molar-refractivity contribution in [1.82, 2.24) is 10.5 Å². The van der Waals surface area contributed by atoms with Gasteiger partial charge in [0, 0.05) is 6.07 Å². The highest BCUT2D eigenvalue weighted by atomic mass is 16.5. The third-order valence-electron chi connectivity index (χ3n) is 3.38. The zero-order valence-electron chi connectivity index (χ0n) is 15.3. The van der Waals surface area contributed by atoms with E-state index in [0.717, 1.165) is 0 Å².